The van der Waals surface area contributed by atoms with E-state index in [0.29, 0.717) is 0 Å². The van der Waals surface area contributed by atoms with Crippen LogP contribution in [0.3, 0.4) is 0 Å². The summed E-state index contributed by atoms with van der Waals surface area (Å²) in [7, 11) is -3.49. The third-order valence-electron chi connectivity index (χ3n) is 0.830. The minimum Gasteiger partial charge on any atom is -0.354 e. The molecule has 0 aromatic heterocycles. The lowest BCUT2D eigenvalue weighted by molar-refractivity contribution is -0.118. The van der Waals surface area contributed by atoms with E-state index < -0.39 is 15.9 Å². The molecule has 0 saturated heterocycles. The fourth-order valence-electron chi connectivity index (χ4n) is 0.380. The van der Waals surface area contributed by atoms with Crippen molar-refractivity contribution >= 4 is 27.5 Å². The molecule has 11 heavy (non-hydrogen) atoms. The Morgan fingerprint density at radius 2 is 2.09 bits per heavy atom. The predicted octanol–water partition coefficient (Wildman–Crippen LogP) is -1.37. The molecule has 7 heteroatoms. The first-order valence-electron chi connectivity index (χ1n) is 2.79. The van der Waals surface area contributed by atoms with Gasteiger partial charge in [0.15, 0.2) is 0 Å². The van der Waals surface area contributed by atoms with Crippen molar-refractivity contribution in [1.82, 2.24) is 5.32 Å². The van der Waals surface area contributed by atoms with E-state index in [1.165, 1.54) is 0 Å². The number of primary sulfonamides is 1. The summed E-state index contributed by atoms with van der Waals surface area (Å²) >= 11 is 5.11. The van der Waals surface area contributed by atoms with E-state index in [1.807, 2.05) is 0 Å². The van der Waals surface area contributed by atoms with E-state index >= 15 is 0 Å². The zero-order chi connectivity index (χ0) is 8.91. The van der Waals surface area contributed by atoms with E-state index in [0.717, 1.165) is 0 Å². The Morgan fingerprint density at radius 1 is 1.55 bits per heavy atom. The van der Waals surface area contributed by atoms with Gasteiger partial charge < -0.3 is 5.32 Å². The van der Waals surface area contributed by atoms with E-state index in [1.54, 1.807) is 0 Å². The van der Waals surface area contributed by atoms with Crippen molar-refractivity contribution in [2.45, 2.75) is 0 Å². The van der Waals surface area contributed by atoms with Gasteiger partial charge in [0.1, 0.15) is 5.88 Å². The number of nitrogens with two attached hydrogens (primary N) is 1. The van der Waals surface area contributed by atoms with E-state index in [9.17, 15) is 13.2 Å². The molecular formula is C4H9ClN2O3S. The molecule has 0 spiro atoms. The van der Waals surface area contributed by atoms with Crippen LogP contribution in [-0.4, -0.2) is 32.5 Å². The molecule has 0 fully saturated rings. The zero-order valence-corrected chi connectivity index (χ0v) is 7.28. The maximum absolute atomic E-state index is 10.4. The van der Waals surface area contributed by atoms with Gasteiger partial charge in [-0.1, -0.05) is 0 Å². The molecule has 0 heterocycles. The second kappa shape index (κ2) is 4.53. The fourth-order valence-corrected chi connectivity index (χ4v) is 0.861. The van der Waals surface area contributed by atoms with Crippen LogP contribution in [0.5, 0.6) is 0 Å². The largest absolute Gasteiger partial charge is 0.354 e. The molecule has 5 nitrogen and oxygen atoms in total. The first kappa shape index (κ1) is 10.7. The van der Waals surface area contributed by atoms with Crippen molar-refractivity contribution in [2.75, 3.05) is 18.2 Å². The molecule has 0 aliphatic rings. The predicted molar refractivity (Wildman–Crippen MR) is 41.7 cm³/mol. The molecule has 66 valence electrons. The molecule has 0 aromatic carbocycles. The number of amides is 1. The highest BCUT2D eigenvalue weighted by atomic mass is 35.5. The second-order valence-electron chi connectivity index (χ2n) is 1.85. The highest BCUT2D eigenvalue weighted by Crippen LogP contribution is 1.76. The van der Waals surface area contributed by atoms with Gasteiger partial charge in [0.2, 0.25) is 15.9 Å². The Labute approximate surface area is 69.9 Å². The summed E-state index contributed by atoms with van der Waals surface area (Å²) in [6.07, 6.45) is 0. The van der Waals surface area contributed by atoms with Crippen molar-refractivity contribution in [3.8, 4) is 0 Å². The van der Waals surface area contributed by atoms with Gasteiger partial charge in [-0.05, 0) is 0 Å². The highest BCUT2D eigenvalue weighted by molar-refractivity contribution is 7.89. The number of alkyl halides is 1. The number of carbonyl (C=O) groups is 1. The molecule has 0 aromatic rings. The molecule has 1 amide bonds. The lowest BCUT2D eigenvalue weighted by Crippen LogP contribution is -2.32. The number of hydrogen-bond acceptors (Lipinski definition) is 3. The average Bonchev–Trinajstić information content (AvgIpc) is 1.85. The summed E-state index contributed by atoms with van der Waals surface area (Å²) in [5.41, 5.74) is 0. The van der Waals surface area contributed by atoms with Crippen LogP contribution in [0, 0.1) is 0 Å². The summed E-state index contributed by atoms with van der Waals surface area (Å²) in [6.45, 7) is 0.00435. The van der Waals surface area contributed by atoms with Crippen molar-refractivity contribution in [3.05, 3.63) is 0 Å². The van der Waals surface area contributed by atoms with Gasteiger partial charge in [-0.2, -0.15) is 0 Å². The number of halogens is 1. The quantitative estimate of drug-likeness (QED) is 0.549. The van der Waals surface area contributed by atoms with E-state index in [-0.39, 0.29) is 18.2 Å². The van der Waals surface area contributed by atoms with Crippen LogP contribution in [0.2, 0.25) is 0 Å². The van der Waals surface area contributed by atoms with Gasteiger partial charge >= 0.3 is 0 Å². The molecule has 0 bridgehead atoms. The Morgan fingerprint density at radius 3 is 2.45 bits per heavy atom. The Kier molecular flexibility index (Phi) is 4.39. The average molecular weight is 201 g/mol. The number of sulfonamides is 1. The van der Waals surface area contributed by atoms with Gasteiger partial charge in [-0.3, -0.25) is 4.79 Å². The van der Waals surface area contributed by atoms with Crippen LogP contribution in [0.4, 0.5) is 0 Å². The lowest BCUT2D eigenvalue weighted by atomic mass is 10.6. The monoisotopic (exact) mass is 200 g/mol. The molecule has 0 saturated carbocycles. The normalized spacial score (nSPS) is 11.1. The maximum atomic E-state index is 10.4. The number of hydrogen-bond donors (Lipinski definition) is 2. The maximum Gasteiger partial charge on any atom is 0.234 e. The van der Waals surface area contributed by atoms with E-state index in [4.69, 9.17) is 11.6 Å². The zero-order valence-electron chi connectivity index (χ0n) is 5.71. The minimum absolute atomic E-state index is 0.00435. The standard InChI is InChI=1S/C4H9ClN2O3S/c5-3-4(8)7-1-2-11(6,9)10/h1-3H2,(H,7,8)(H2,6,9,10). The third-order valence-corrected chi connectivity index (χ3v) is 1.85. The molecule has 0 rings (SSSR count). The van der Waals surface area contributed by atoms with Crippen LogP contribution >= 0.6 is 11.6 Å². The first-order valence-corrected chi connectivity index (χ1v) is 5.04. The molecule has 0 aliphatic carbocycles. The molecule has 0 aliphatic heterocycles. The van der Waals surface area contributed by atoms with Crippen molar-refractivity contribution < 1.29 is 13.2 Å². The molecule has 0 radical (unpaired) electrons. The SMILES string of the molecule is NS(=O)(=O)CCNC(=O)CCl. The molecule has 0 atom stereocenters. The van der Waals surface area contributed by atoms with Gasteiger partial charge in [0.25, 0.3) is 0 Å². The topological polar surface area (TPSA) is 89.3 Å². The minimum atomic E-state index is -3.49. The first-order chi connectivity index (χ1) is 4.95. The lowest BCUT2D eigenvalue weighted by Gasteiger charge is -1.99. The Hall–Kier alpha value is -0.330. The Balaban J connectivity index is 3.51. The van der Waals surface area contributed by atoms with Gasteiger partial charge in [-0.25, -0.2) is 13.6 Å². The van der Waals surface area contributed by atoms with Crippen LogP contribution < -0.4 is 10.5 Å². The number of carbonyl (C=O) groups excluding carboxylic acids is 1. The van der Waals surface area contributed by atoms with Crippen LogP contribution in [0.25, 0.3) is 0 Å². The summed E-state index contributed by atoms with van der Waals surface area (Å²) in [4.78, 5) is 10.4. The number of rotatable bonds is 4. The van der Waals surface area contributed by atoms with Crippen LogP contribution in [0.15, 0.2) is 0 Å². The molecular weight excluding hydrogens is 192 g/mol. The van der Waals surface area contributed by atoms with Gasteiger partial charge in [-0.15, -0.1) is 11.6 Å². The van der Waals surface area contributed by atoms with E-state index in [2.05, 4.69) is 10.5 Å². The summed E-state index contributed by atoms with van der Waals surface area (Å²) in [5.74, 6) is -0.851. The van der Waals surface area contributed by atoms with Gasteiger partial charge in [0, 0.05) is 6.54 Å². The molecule has 0 unspecified atom stereocenters. The highest BCUT2D eigenvalue weighted by Gasteiger charge is 2.03. The second-order valence-corrected chi connectivity index (χ2v) is 3.85. The summed E-state index contributed by atoms with van der Waals surface area (Å²) in [5, 5.41) is 6.91. The van der Waals surface area contributed by atoms with Crippen molar-refractivity contribution in [2.24, 2.45) is 5.14 Å². The van der Waals surface area contributed by atoms with Crippen molar-refractivity contribution in [1.29, 1.82) is 0 Å². The molecule has 3 N–H and O–H groups in total. The van der Waals surface area contributed by atoms with Crippen molar-refractivity contribution in [3.63, 3.8) is 0 Å². The van der Waals surface area contributed by atoms with Crippen LogP contribution in [-0.2, 0) is 14.8 Å². The summed E-state index contributed by atoms with van der Waals surface area (Å²) < 4.78 is 20.6. The Bertz CT molecular complexity index is 225. The van der Waals surface area contributed by atoms with Crippen LogP contribution in [0.1, 0.15) is 0 Å². The van der Waals surface area contributed by atoms with Gasteiger partial charge in [0.05, 0.1) is 5.75 Å². The number of nitrogens with one attached hydrogen (secondary N) is 1. The summed E-state index contributed by atoms with van der Waals surface area (Å²) in [6, 6.07) is 0. The third kappa shape index (κ3) is 7.57. The smallest absolute Gasteiger partial charge is 0.234 e. The fraction of sp³-hybridized carbons (Fsp3) is 0.750.